The Kier molecular flexibility index (Phi) is 4.49. The maximum Gasteiger partial charge on any atom is 0.134 e. The fourth-order valence-electron chi connectivity index (χ4n) is 1.60. The summed E-state index contributed by atoms with van der Waals surface area (Å²) in [6.45, 7) is 4.76. The molecule has 0 atom stereocenters. The summed E-state index contributed by atoms with van der Waals surface area (Å²) in [5.41, 5.74) is 6.58. The molecule has 1 aromatic heterocycles. The summed E-state index contributed by atoms with van der Waals surface area (Å²) >= 11 is 0. The second-order valence-corrected chi connectivity index (χ2v) is 3.59. The van der Waals surface area contributed by atoms with Gasteiger partial charge in [0.05, 0.1) is 12.3 Å². The van der Waals surface area contributed by atoms with E-state index < -0.39 is 0 Å². The summed E-state index contributed by atoms with van der Waals surface area (Å²) in [7, 11) is 1.65. The number of nitrogen functional groups attached to an aromatic ring is 1. The van der Waals surface area contributed by atoms with Gasteiger partial charge in [0.1, 0.15) is 11.6 Å². The third-order valence-corrected chi connectivity index (χ3v) is 2.46. The van der Waals surface area contributed by atoms with Crippen molar-refractivity contribution in [2.75, 3.05) is 12.8 Å². The fraction of sp³-hybridized carbons (Fsp3) is 0.636. The zero-order valence-corrected chi connectivity index (χ0v) is 9.66. The lowest BCUT2D eigenvalue weighted by Crippen LogP contribution is -2.08. The molecule has 0 fully saturated rings. The maximum absolute atomic E-state index is 5.73. The van der Waals surface area contributed by atoms with Gasteiger partial charge >= 0.3 is 0 Å². The number of aromatic nitrogens is 2. The highest BCUT2D eigenvalue weighted by Crippen LogP contribution is 2.20. The summed E-state index contributed by atoms with van der Waals surface area (Å²) in [5.74, 6) is 1.76. The summed E-state index contributed by atoms with van der Waals surface area (Å²) in [5, 5.41) is 0. The average Bonchev–Trinajstić information content (AvgIpc) is 2.19. The van der Waals surface area contributed by atoms with Crippen LogP contribution in [0.1, 0.15) is 44.1 Å². The number of rotatable bonds is 5. The molecule has 84 valence electrons. The van der Waals surface area contributed by atoms with Crippen molar-refractivity contribution in [3.63, 3.8) is 0 Å². The molecule has 2 N–H and O–H groups in total. The van der Waals surface area contributed by atoms with Gasteiger partial charge in [-0.3, -0.25) is 0 Å². The Morgan fingerprint density at radius 3 is 2.53 bits per heavy atom. The summed E-state index contributed by atoms with van der Waals surface area (Å²) < 4.78 is 5.04. The third kappa shape index (κ3) is 3.16. The van der Waals surface area contributed by atoms with Crippen molar-refractivity contribution in [1.82, 2.24) is 9.97 Å². The van der Waals surface area contributed by atoms with Gasteiger partial charge in [0.25, 0.3) is 0 Å². The number of methoxy groups -OCH3 is 1. The Morgan fingerprint density at radius 2 is 2.00 bits per heavy atom. The molecule has 0 radical (unpaired) electrons. The van der Waals surface area contributed by atoms with E-state index in [0.29, 0.717) is 18.3 Å². The second-order valence-electron chi connectivity index (χ2n) is 3.59. The van der Waals surface area contributed by atoms with Crippen molar-refractivity contribution in [2.24, 2.45) is 0 Å². The van der Waals surface area contributed by atoms with Gasteiger partial charge in [-0.1, -0.05) is 13.8 Å². The fourth-order valence-corrected chi connectivity index (χ4v) is 1.60. The second kappa shape index (κ2) is 5.66. The minimum atomic E-state index is 0.393. The average molecular weight is 209 g/mol. The molecule has 0 aliphatic carbocycles. The normalized spacial score (nSPS) is 10.9. The first-order valence-electron chi connectivity index (χ1n) is 5.33. The molecule has 1 aromatic rings. The van der Waals surface area contributed by atoms with Crippen LogP contribution in [0.15, 0.2) is 6.07 Å². The Labute approximate surface area is 90.9 Å². The van der Waals surface area contributed by atoms with Crippen LogP contribution in [-0.4, -0.2) is 17.1 Å². The zero-order chi connectivity index (χ0) is 11.3. The summed E-state index contributed by atoms with van der Waals surface area (Å²) in [6, 6.07) is 1.76. The van der Waals surface area contributed by atoms with E-state index in [1.807, 2.05) is 0 Å². The van der Waals surface area contributed by atoms with E-state index in [1.54, 1.807) is 13.2 Å². The molecule has 0 unspecified atom stereocenters. The van der Waals surface area contributed by atoms with Gasteiger partial charge < -0.3 is 10.5 Å². The predicted octanol–water partition coefficient (Wildman–Crippen LogP) is 2.11. The molecule has 15 heavy (non-hydrogen) atoms. The van der Waals surface area contributed by atoms with E-state index in [-0.39, 0.29) is 0 Å². The summed E-state index contributed by atoms with van der Waals surface area (Å²) in [4.78, 5) is 8.72. The third-order valence-electron chi connectivity index (χ3n) is 2.46. The molecule has 0 amide bonds. The van der Waals surface area contributed by atoms with Crippen molar-refractivity contribution >= 4 is 5.82 Å². The Bertz CT molecular complexity index is 311. The van der Waals surface area contributed by atoms with E-state index in [0.717, 1.165) is 24.4 Å². The first-order valence-corrected chi connectivity index (χ1v) is 5.33. The number of anilines is 1. The molecule has 0 aromatic carbocycles. The van der Waals surface area contributed by atoms with Crippen LogP contribution in [-0.2, 0) is 11.3 Å². The van der Waals surface area contributed by atoms with Crippen LogP contribution in [0.4, 0.5) is 5.82 Å². The van der Waals surface area contributed by atoms with Crippen molar-refractivity contribution in [1.29, 1.82) is 0 Å². The highest BCUT2D eigenvalue weighted by Gasteiger charge is 2.11. The van der Waals surface area contributed by atoms with Gasteiger partial charge in [0.15, 0.2) is 0 Å². The minimum Gasteiger partial charge on any atom is -0.384 e. The zero-order valence-electron chi connectivity index (χ0n) is 9.66. The standard InChI is InChI=1S/C11H19N3O/c1-4-8(5-2)11-13-9(7-15-3)6-10(12)14-11/h6,8H,4-5,7H2,1-3H3,(H2,12,13,14). The van der Waals surface area contributed by atoms with Crippen LogP contribution in [0.25, 0.3) is 0 Å². The lowest BCUT2D eigenvalue weighted by atomic mass is 10.0. The predicted molar refractivity (Wildman–Crippen MR) is 60.5 cm³/mol. The summed E-state index contributed by atoms with van der Waals surface area (Å²) in [6.07, 6.45) is 2.07. The molecule has 0 spiro atoms. The van der Waals surface area contributed by atoms with Crippen LogP contribution < -0.4 is 5.73 Å². The van der Waals surface area contributed by atoms with Crippen LogP contribution in [0.3, 0.4) is 0 Å². The van der Waals surface area contributed by atoms with Crippen LogP contribution in [0, 0.1) is 0 Å². The molecule has 0 aliphatic rings. The lowest BCUT2D eigenvalue weighted by Gasteiger charge is -2.12. The van der Waals surface area contributed by atoms with Gasteiger partial charge in [-0.25, -0.2) is 9.97 Å². The molecule has 1 rings (SSSR count). The molecule has 4 nitrogen and oxygen atoms in total. The van der Waals surface area contributed by atoms with Gasteiger partial charge in [-0.2, -0.15) is 0 Å². The van der Waals surface area contributed by atoms with Gasteiger partial charge in [0.2, 0.25) is 0 Å². The van der Waals surface area contributed by atoms with Crippen LogP contribution in [0.2, 0.25) is 0 Å². The molecule has 0 aliphatic heterocycles. The number of nitrogens with two attached hydrogens (primary N) is 1. The highest BCUT2D eigenvalue weighted by molar-refractivity contribution is 5.30. The number of ether oxygens (including phenoxy) is 1. The van der Waals surface area contributed by atoms with Crippen molar-refractivity contribution in [3.8, 4) is 0 Å². The van der Waals surface area contributed by atoms with E-state index in [9.17, 15) is 0 Å². The van der Waals surface area contributed by atoms with Crippen molar-refractivity contribution in [2.45, 2.75) is 39.2 Å². The largest absolute Gasteiger partial charge is 0.384 e. The Hall–Kier alpha value is -1.16. The van der Waals surface area contributed by atoms with Crippen molar-refractivity contribution < 1.29 is 4.74 Å². The minimum absolute atomic E-state index is 0.393. The number of hydrogen-bond donors (Lipinski definition) is 1. The molecule has 1 heterocycles. The van der Waals surface area contributed by atoms with Crippen LogP contribution in [0.5, 0.6) is 0 Å². The first kappa shape index (κ1) is 11.9. The molecule has 0 saturated carbocycles. The van der Waals surface area contributed by atoms with E-state index in [2.05, 4.69) is 23.8 Å². The molecule has 0 bridgehead atoms. The van der Waals surface area contributed by atoms with Gasteiger partial charge in [-0.15, -0.1) is 0 Å². The molecule has 0 saturated heterocycles. The van der Waals surface area contributed by atoms with Gasteiger partial charge in [0, 0.05) is 19.1 Å². The highest BCUT2D eigenvalue weighted by atomic mass is 16.5. The Balaban J connectivity index is 2.96. The van der Waals surface area contributed by atoms with Crippen LogP contribution >= 0.6 is 0 Å². The Morgan fingerprint density at radius 1 is 1.33 bits per heavy atom. The monoisotopic (exact) mass is 209 g/mol. The lowest BCUT2D eigenvalue weighted by molar-refractivity contribution is 0.181. The smallest absolute Gasteiger partial charge is 0.134 e. The molecular formula is C11H19N3O. The SMILES string of the molecule is CCC(CC)c1nc(N)cc(COC)n1. The molecule has 4 heteroatoms. The first-order chi connectivity index (χ1) is 7.21. The van der Waals surface area contributed by atoms with E-state index >= 15 is 0 Å². The maximum atomic E-state index is 5.73. The quantitative estimate of drug-likeness (QED) is 0.806. The molecular weight excluding hydrogens is 190 g/mol. The number of nitrogens with zero attached hydrogens (tertiary/aromatic N) is 2. The van der Waals surface area contributed by atoms with Gasteiger partial charge in [-0.05, 0) is 12.8 Å². The van der Waals surface area contributed by atoms with Crippen molar-refractivity contribution in [3.05, 3.63) is 17.6 Å². The number of hydrogen-bond acceptors (Lipinski definition) is 4. The van der Waals surface area contributed by atoms with E-state index in [4.69, 9.17) is 10.5 Å². The van der Waals surface area contributed by atoms with E-state index in [1.165, 1.54) is 0 Å². The topological polar surface area (TPSA) is 61.0 Å².